The third-order valence-electron chi connectivity index (χ3n) is 3.22. The molecule has 94 valence electrons. The summed E-state index contributed by atoms with van der Waals surface area (Å²) >= 11 is 0. The van der Waals surface area contributed by atoms with Crippen molar-refractivity contribution in [2.75, 3.05) is 38.3 Å². The van der Waals surface area contributed by atoms with E-state index in [0.717, 1.165) is 32.1 Å². The molecule has 0 saturated carbocycles. The molecule has 1 aromatic rings. The molecule has 2 rings (SSSR count). The number of benzene rings is 1. The lowest BCUT2D eigenvalue weighted by molar-refractivity contribution is 0.122. The van der Waals surface area contributed by atoms with Gasteiger partial charge in [0, 0.05) is 13.1 Å². The molecule has 0 aromatic heterocycles. The van der Waals surface area contributed by atoms with E-state index < -0.39 is 0 Å². The van der Waals surface area contributed by atoms with Crippen LogP contribution in [0.5, 0.6) is 5.75 Å². The Bertz CT molecular complexity index is 370. The molecule has 1 saturated heterocycles. The first kappa shape index (κ1) is 12.2. The van der Waals surface area contributed by atoms with E-state index in [4.69, 9.17) is 9.47 Å². The van der Waals surface area contributed by atoms with Crippen LogP contribution < -0.4 is 9.64 Å². The summed E-state index contributed by atoms with van der Waals surface area (Å²) in [5.74, 6) is 1.50. The Morgan fingerprint density at radius 3 is 2.53 bits per heavy atom. The predicted molar refractivity (Wildman–Crippen MR) is 70.1 cm³/mol. The highest BCUT2D eigenvalue weighted by Gasteiger charge is 2.16. The second kappa shape index (κ2) is 5.41. The van der Waals surface area contributed by atoms with Crippen LogP contribution in [0.25, 0.3) is 0 Å². The van der Waals surface area contributed by atoms with Crippen molar-refractivity contribution in [3.63, 3.8) is 0 Å². The Morgan fingerprint density at radius 2 is 1.94 bits per heavy atom. The molecule has 0 N–H and O–H groups in total. The van der Waals surface area contributed by atoms with E-state index in [0.29, 0.717) is 5.92 Å². The van der Waals surface area contributed by atoms with Crippen molar-refractivity contribution < 1.29 is 9.47 Å². The Balaban J connectivity index is 2.26. The zero-order chi connectivity index (χ0) is 12.3. The molecular formula is C14H21NO2. The van der Waals surface area contributed by atoms with Gasteiger partial charge in [0.1, 0.15) is 5.75 Å². The topological polar surface area (TPSA) is 21.7 Å². The fourth-order valence-electron chi connectivity index (χ4n) is 2.12. The van der Waals surface area contributed by atoms with Gasteiger partial charge in [0.25, 0.3) is 0 Å². The van der Waals surface area contributed by atoms with Crippen molar-refractivity contribution in [2.45, 2.75) is 19.8 Å². The fourth-order valence-corrected chi connectivity index (χ4v) is 2.12. The number of morpholine rings is 1. The maximum Gasteiger partial charge on any atom is 0.142 e. The summed E-state index contributed by atoms with van der Waals surface area (Å²) in [6.45, 7) is 7.88. The highest BCUT2D eigenvalue weighted by molar-refractivity contribution is 5.60. The summed E-state index contributed by atoms with van der Waals surface area (Å²) in [7, 11) is 1.74. The summed E-state index contributed by atoms with van der Waals surface area (Å²) in [6.07, 6.45) is 0. The summed E-state index contributed by atoms with van der Waals surface area (Å²) < 4.78 is 10.9. The number of methoxy groups -OCH3 is 1. The van der Waals surface area contributed by atoms with E-state index in [-0.39, 0.29) is 0 Å². The third kappa shape index (κ3) is 2.72. The van der Waals surface area contributed by atoms with Crippen LogP contribution in [0.3, 0.4) is 0 Å². The van der Waals surface area contributed by atoms with Gasteiger partial charge in [0.05, 0.1) is 26.0 Å². The number of hydrogen-bond acceptors (Lipinski definition) is 3. The molecule has 17 heavy (non-hydrogen) atoms. The lowest BCUT2D eigenvalue weighted by Crippen LogP contribution is -2.36. The van der Waals surface area contributed by atoms with Crippen molar-refractivity contribution in [2.24, 2.45) is 0 Å². The number of hydrogen-bond donors (Lipinski definition) is 0. The number of nitrogens with zero attached hydrogens (tertiary/aromatic N) is 1. The average molecular weight is 235 g/mol. The van der Waals surface area contributed by atoms with Gasteiger partial charge in [-0.3, -0.25) is 0 Å². The number of ether oxygens (including phenoxy) is 2. The fraction of sp³-hybridized carbons (Fsp3) is 0.571. The zero-order valence-electron chi connectivity index (χ0n) is 10.9. The summed E-state index contributed by atoms with van der Waals surface area (Å²) in [5, 5.41) is 0. The molecule has 0 atom stereocenters. The molecule has 3 heteroatoms. The van der Waals surface area contributed by atoms with Crippen molar-refractivity contribution in [1.82, 2.24) is 0 Å². The first-order valence-electron chi connectivity index (χ1n) is 6.23. The molecule has 1 aliphatic rings. The smallest absolute Gasteiger partial charge is 0.142 e. The van der Waals surface area contributed by atoms with Crippen LogP contribution in [-0.4, -0.2) is 33.4 Å². The van der Waals surface area contributed by atoms with E-state index in [9.17, 15) is 0 Å². The minimum absolute atomic E-state index is 0.530. The molecule has 0 spiro atoms. The Hall–Kier alpha value is -1.22. The lowest BCUT2D eigenvalue weighted by atomic mass is 10.0. The van der Waals surface area contributed by atoms with Crippen LogP contribution in [0.2, 0.25) is 0 Å². The summed E-state index contributed by atoms with van der Waals surface area (Å²) in [6, 6.07) is 6.51. The van der Waals surface area contributed by atoms with Crippen molar-refractivity contribution in [1.29, 1.82) is 0 Å². The van der Waals surface area contributed by atoms with Gasteiger partial charge < -0.3 is 14.4 Å². The quantitative estimate of drug-likeness (QED) is 0.804. The molecule has 0 unspecified atom stereocenters. The Kier molecular flexibility index (Phi) is 3.89. The molecule has 0 aliphatic carbocycles. The van der Waals surface area contributed by atoms with Crippen molar-refractivity contribution >= 4 is 5.69 Å². The highest BCUT2D eigenvalue weighted by Crippen LogP contribution is 2.32. The number of rotatable bonds is 3. The van der Waals surface area contributed by atoms with Gasteiger partial charge in [-0.05, 0) is 23.6 Å². The van der Waals surface area contributed by atoms with Gasteiger partial charge in [-0.25, -0.2) is 0 Å². The van der Waals surface area contributed by atoms with E-state index in [1.54, 1.807) is 7.11 Å². The molecule has 1 heterocycles. The van der Waals surface area contributed by atoms with Crippen LogP contribution in [0.1, 0.15) is 25.3 Å². The average Bonchev–Trinajstić information content (AvgIpc) is 2.39. The standard InChI is InChI=1S/C14H21NO2/c1-11(2)12-4-5-13(14(10-12)16-3)15-6-8-17-9-7-15/h4-5,10-11H,6-9H2,1-3H3. The molecule has 1 fully saturated rings. The second-order valence-corrected chi connectivity index (χ2v) is 4.69. The monoisotopic (exact) mass is 235 g/mol. The van der Waals surface area contributed by atoms with Crippen molar-refractivity contribution in [3.05, 3.63) is 23.8 Å². The van der Waals surface area contributed by atoms with E-state index in [1.807, 2.05) is 0 Å². The van der Waals surface area contributed by atoms with Crippen LogP contribution in [0.4, 0.5) is 5.69 Å². The number of anilines is 1. The maximum atomic E-state index is 5.51. The molecule has 1 aromatic carbocycles. The SMILES string of the molecule is COc1cc(C(C)C)ccc1N1CCOCC1. The van der Waals surface area contributed by atoms with Crippen LogP contribution in [-0.2, 0) is 4.74 Å². The molecule has 0 amide bonds. The highest BCUT2D eigenvalue weighted by atomic mass is 16.5. The molecule has 3 nitrogen and oxygen atoms in total. The zero-order valence-corrected chi connectivity index (χ0v) is 10.9. The van der Waals surface area contributed by atoms with Crippen LogP contribution >= 0.6 is 0 Å². The second-order valence-electron chi connectivity index (χ2n) is 4.69. The first-order valence-corrected chi connectivity index (χ1v) is 6.23. The van der Waals surface area contributed by atoms with E-state index in [1.165, 1.54) is 11.3 Å². The Morgan fingerprint density at radius 1 is 1.24 bits per heavy atom. The van der Waals surface area contributed by atoms with E-state index in [2.05, 4.69) is 36.9 Å². The predicted octanol–water partition coefficient (Wildman–Crippen LogP) is 2.66. The molecule has 0 radical (unpaired) electrons. The third-order valence-corrected chi connectivity index (χ3v) is 3.22. The van der Waals surface area contributed by atoms with Crippen molar-refractivity contribution in [3.8, 4) is 5.75 Å². The maximum absolute atomic E-state index is 5.51. The van der Waals surface area contributed by atoms with Gasteiger partial charge >= 0.3 is 0 Å². The lowest BCUT2D eigenvalue weighted by Gasteiger charge is -2.30. The largest absolute Gasteiger partial charge is 0.495 e. The summed E-state index contributed by atoms with van der Waals surface area (Å²) in [5.41, 5.74) is 2.50. The minimum Gasteiger partial charge on any atom is -0.495 e. The van der Waals surface area contributed by atoms with Gasteiger partial charge in [0.2, 0.25) is 0 Å². The van der Waals surface area contributed by atoms with Gasteiger partial charge in [-0.2, -0.15) is 0 Å². The van der Waals surface area contributed by atoms with Gasteiger partial charge in [-0.15, -0.1) is 0 Å². The first-order chi connectivity index (χ1) is 8.22. The molecule has 1 aliphatic heterocycles. The van der Waals surface area contributed by atoms with Gasteiger partial charge in [0.15, 0.2) is 0 Å². The van der Waals surface area contributed by atoms with Crippen LogP contribution in [0, 0.1) is 0 Å². The van der Waals surface area contributed by atoms with Crippen LogP contribution in [0.15, 0.2) is 18.2 Å². The normalized spacial score (nSPS) is 16.4. The molecular weight excluding hydrogens is 214 g/mol. The van der Waals surface area contributed by atoms with Gasteiger partial charge in [-0.1, -0.05) is 19.9 Å². The Labute approximate surface area is 103 Å². The molecule has 0 bridgehead atoms. The minimum atomic E-state index is 0.530. The van der Waals surface area contributed by atoms with E-state index >= 15 is 0 Å². The summed E-state index contributed by atoms with van der Waals surface area (Å²) in [4.78, 5) is 2.33.